The lowest BCUT2D eigenvalue weighted by atomic mass is 9.87. The van der Waals surface area contributed by atoms with Gasteiger partial charge in [-0.25, -0.2) is 0 Å². The first-order valence-electron chi connectivity index (χ1n) is 10.9. The Balaban J connectivity index is 2.52. The lowest BCUT2D eigenvalue weighted by Gasteiger charge is -2.20. The topological polar surface area (TPSA) is 17.3 Å². The highest BCUT2D eigenvalue weighted by Gasteiger charge is 2.27. The van der Waals surface area contributed by atoms with Gasteiger partial charge in [-0.15, -0.1) is 0 Å². The number of aromatic nitrogens is 1. The molecule has 1 aliphatic heterocycles. The fraction of sp³-hybridized carbons (Fsp3) is 0.423. The Kier molecular flexibility index (Phi) is 5.80. The molecule has 3 rings (SSSR count). The van der Waals surface area contributed by atoms with Crippen LogP contribution in [0.25, 0.3) is 5.57 Å². The van der Waals surface area contributed by atoms with E-state index in [0.717, 1.165) is 18.5 Å². The molecule has 1 aliphatic rings. The SMILES string of the molecule is Bn1c(C)c(CC)c(C)c1/C(=C1\N=C(C)C(CC)=C1C)c1c(C)cc(C)cc1C. The number of aryl methyl sites for hydroxylation is 3. The number of hydrogen-bond donors (Lipinski definition) is 0. The summed E-state index contributed by atoms with van der Waals surface area (Å²) in [5, 5.41) is 0. The van der Waals surface area contributed by atoms with E-state index >= 15 is 0 Å². The Morgan fingerprint density at radius 3 is 1.97 bits per heavy atom. The van der Waals surface area contributed by atoms with E-state index in [-0.39, 0.29) is 0 Å². The highest BCUT2D eigenvalue weighted by molar-refractivity contribution is 6.11. The smallest absolute Gasteiger partial charge is 0.223 e. The zero-order valence-corrected chi connectivity index (χ0v) is 20.0. The van der Waals surface area contributed by atoms with Gasteiger partial charge in [0.25, 0.3) is 0 Å². The molecule has 0 amide bonds. The van der Waals surface area contributed by atoms with Crippen LogP contribution < -0.4 is 0 Å². The van der Waals surface area contributed by atoms with Crippen molar-refractivity contribution in [3.63, 3.8) is 0 Å². The van der Waals surface area contributed by atoms with Crippen LogP contribution in [0.3, 0.4) is 0 Å². The predicted octanol–water partition coefficient (Wildman–Crippen LogP) is 5.95. The van der Waals surface area contributed by atoms with Gasteiger partial charge in [-0.2, -0.15) is 0 Å². The van der Waals surface area contributed by atoms with Crippen LogP contribution in [0.2, 0.25) is 0 Å². The fourth-order valence-electron chi connectivity index (χ4n) is 5.33. The van der Waals surface area contributed by atoms with Gasteiger partial charge in [0.1, 0.15) is 0 Å². The molecular weight excluding hydrogens is 351 g/mol. The predicted molar refractivity (Wildman–Crippen MR) is 130 cm³/mol. The van der Waals surface area contributed by atoms with Crippen molar-refractivity contribution in [2.75, 3.05) is 0 Å². The normalized spacial score (nSPS) is 16.0. The van der Waals surface area contributed by atoms with Gasteiger partial charge < -0.3 is 4.48 Å². The summed E-state index contributed by atoms with van der Waals surface area (Å²) in [6.07, 6.45) is 2.08. The summed E-state index contributed by atoms with van der Waals surface area (Å²) in [5.41, 5.74) is 17.2. The van der Waals surface area contributed by atoms with Crippen molar-refractivity contribution in [3.8, 4) is 0 Å². The minimum absolute atomic E-state index is 1.02. The summed E-state index contributed by atoms with van der Waals surface area (Å²) in [7, 11) is 2.21. The molecule has 0 saturated carbocycles. The molecule has 0 saturated heterocycles. The van der Waals surface area contributed by atoms with Crippen molar-refractivity contribution in [2.24, 2.45) is 4.99 Å². The minimum atomic E-state index is 1.02. The molecule has 29 heavy (non-hydrogen) atoms. The molecule has 0 spiro atoms. The van der Waals surface area contributed by atoms with Gasteiger partial charge in [-0.1, -0.05) is 31.5 Å². The molecule has 2 aromatic rings. The van der Waals surface area contributed by atoms with Crippen LogP contribution in [0.5, 0.6) is 0 Å². The zero-order valence-electron chi connectivity index (χ0n) is 20.0. The van der Waals surface area contributed by atoms with Crippen LogP contribution in [0.1, 0.15) is 78.9 Å². The average molecular weight is 386 g/mol. The Hall–Kier alpha value is -2.29. The molecule has 3 heteroatoms. The largest absolute Gasteiger partial charge is 0.396 e. The standard InChI is InChI=1S/C26H35BN2/c1-10-21-17(6)25(28-19(21)8)24(23-15(4)12-14(3)13-16(23)5)26-18(7)22(11-2)20(9)29(26)27/h12-13H,10-11,27H2,1-9H3/b25-24-. The maximum absolute atomic E-state index is 5.14. The molecule has 2 heterocycles. The summed E-state index contributed by atoms with van der Waals surface area (Å²) in [6.45, 7) is 20.1. The first-order valence-corrected chi connectivity index (χ1v) is 10.9. The summed E-state index contributed by atoms with van der Waals surface area (Å²) in [6, 6.07) is 4.61. The number of hydrogen-bond acceptors (Lipinski definition) is 1. The monoisotopic (exact) mass is 386 g/mol. The zero-order chi connectivity index (χ0) is 21.6. The number of nitrogens with zero attached hydrogens (tertiary/aromatic N) is 2. The first kappa shape index (κ1) is 21.4. The third kappa shape index (κ3) is 3.35. The maximum atomic E-state index is 5.14. The molecule has 0 atom stereocenters. The van der Waals surface area contributed by atoms with Gasteiger partial charge in [0, 0.05) is 22.7 Å². The lowest BCUT2D eigenvalue weighted by molar-refractivity contribution is 1.05. The summed E-state index contributed by atoms with van der Waals surface area (Å²) in [5.74, 6) is 0. The van der Waals surface area contributed by atoms with Gasteiger partial charge in [-0.3, -0.25) is 4.99 Å². The van der Waals surface area contributed by atoms with Crippen molar-refractivity contribution in [2.45, 2.75) is 75.2 Å². The van der Waals surface area contributed by atoms with Gasteiger partial charge in [-0.05, 0) is 100 Å². The molecule has 0 aliphatic carbocycles. The van der Waals surface area contributed by atoms with Crippen LogP contribution in [-0.2, 0) is 6.42 Å². The quantitative estimate of drug-likeness (QED) is 0.578. The van der Waals surface area contributed by atoms with Crippen molar-refractivity contribution < 1.29 is 0 Å². The van der Waals surface area contributed by atoms with E-state index in [0.29, 0.717) is 0 Å². The summed E-state index contributed by atoms with van der Waals surface area (Å²) >= 11 is 0. The van der Waals surface area contributed by atoms with Crippen molar-refractivity contribution >= 4 is 19.3 Å². The van der Waals surface area contributed by atoms with E-state index in [9.17, 15) is 0 Å². The molecule has 2 nitrogen and oxygen atoms in total. The van der Waals surface area contributed by atoms with Crippen molar-refractivity contribution in [3.05, 3.63) is 73.7 Å². The summed E-state index contributed by atoms with van der Waals surface area (Å²) in [4.78, 5) is 5.14. The Morgan fingerprint density at radius 2 is 1.52 bits per heavy atom. The maximum Gasteiger partial charge on any atom is 0.223 e. The average Bonchev–Trinajstić information content (AvgIpc) is 3.04. The van der Waals surface area contributed by atoms with E-state index in [4.69, 9.17) is 4.99 Å². The van der Waals surface area contributed by atoms with Gasteiger partial charge in [0.2, 0.25) is 7.98 Å². The second-order valence-electron chi connectivity index (χ2n) is 8.60. The Labute approximate surface area is 177 Å². The van der Waals surface area contributed by atoms with Gasteiger partial charge in [0.05, 0.1) is 5.70 Å². The molecule has 0 bridgehead atoms. The third-order valence-electron chi connectivity index (χ3n) is 6.71. The van der Waals surface area contributed by atoms with Crippen LogP contribution in [0, 0.1) is 34.6 Å². The molecular formula is C26H35BN2. The second-order valence-corrected chi connectivity index (χ2v) is 8.60. The molecule has 1 aromatic carbocycles. The number of allylic oxidation sites excluding steroid dienone is 2. The van der Waals surface area contributed by atoms with Gasteiger partial charge >= 0.3 is 0 Å². The minimum Gasteiger partial charge on any atom is -0.396 e. The number of aliphatic imine (C=N–C) groups is 1. The molecule has 0 unspecified atom stereocenters. The molecule has 0 N–H and O–H groups in total. The van der Waals surface area contributed by atoms with Gasteiger partial charge in [0.15, 0.2) is 0 Å². The third-order valence-corrected chi connectivity index (χ3v) is 6.71. The van der Waals surface area contributed by atoms with Crippen molar-refractivity contribution in [1.29, 1.82) is 0 Å². The number of rotatable bonds is 4. The van der Waals surface area contributed by atoms with Crippen LogP contribution in [0.4, 0.5) is 0 Å². The molecule has 1 aromatic heterocycles. The molecule has 0 fully saturated rings. The highest BCUT2D eigenvalue weighted by Crippen LogP contribution is 2.41. The van der Waals surface area contributed by atoms with E-state index in [1.165, 1.54) is 67.2 Å². The molecule has 152 valence electrons. The highest BCUT2D eigenvalue weighted by atomic mass is 14.9. The van der Waals surface area contributed by atoms with Crippen LogP contribution in [-0.4, -0.2) is 18.2 Å². The molecule has 0 radical (unpaired) electrons. The Morgan fingerprint density at radius 1 is 0.931 bits per heavy atom. The van der Waals surface area contributed by atoms with Crippen molar-refractivity contribution in [1.82, 2.24) is 4.48 Å². The van der Waals surface area contributed by atoms with Crippen LogP contribution in [0.15, 0.2) is 34.0 Å². The van der Waals surface area contributed by atoms with Crippen LogP contribution >= 0.6 is 0 Å². The lowest BCUT2D eigenvalue weighted by Crippen LogP contribution is -2.07. The fourth-order valence-corrected chi connectivity index (χ4v) is 5.33. The number of benzene rings is 1. The van der Waals surface area contributed by atoms with E-state index in [1.807, 2.05) is 0 Å². The first-order chi connectivity index (χ1) is 13.6. The Bertz CT molecular complexity index is 1070. The summed E-state index contributed by atoms with van der Waals surface area (Å²) < 4.78 is 2.39. The van der Waals surface area contributed by atoms with E-state index < -0.39 is 0 Å². The van der Waals surface area contributed by atoms with E-state index in [2.05, 4.69) is 86.9 Å². The second kappa shape index (κ2) is 7.86. The van der Waals surface area contributed by atoms with E-state index in [1.54, 1.807) is 0 Å².